The maximum atomic E-state index is 12.0. The minimum Gasteiger partial charge on any atom is -0.366 e. The van der Waals surface area contributed by atoms with Crippen molar-refractivity contribution < 1.29 is 14.1 Å². The molecule has 116 valence electrons. The van der Waals surface area contributed by atoms with Gasteiger partial charge < -0.3 is 15.6 Å². The van der Waals surface area contributed by atoms with Crippen molar-refractivity contribution in [1.29, 1.82) is 0 Å². The first-order valence-electron chi connectivity index (χ1n) is 6.91. The SMILES string of the molecule is CC(C)(C)c1cc(NC(=O)Cc2ccc(C(N)=O)cc2)no1. The number of nitrogens with one attached hydrogen (secondary N) is 1. The standard InChI is InChI=1S/C16H19N3O3/c1-16(2,3)12-9-13(19-22-12)18-14(20)8-10-4-6-11(7-5-10)15(17)21/h4-7,9H,8H2,1-3H3,(H2,17,21)(H,18,19,20). The summed E-state index contributed by atoms with van der Waals surface area (Å²) in [6.45, 7) is 6.00. The van der Waals surface area contributed by atoms with Gasteiger partial charge in [0.15, 0.2) is 5.82 Å². The van der Waals surface area contributed by atoms with E-state index in [0.29, 0.717) is 17.1 Å². The molecule has 0 bridgehead atoms. The lowest BCUT2D eigenvalue weighted by atomic mass is 9.93. The van der Waals surface area contributed by atoms with Crippen LogP contribution in [0.5, 0.6) is 0 Å². The van der Waals surface area contributed by atoms with E-state index in [0.717, 1.165) is 5.56 Å². The largest absolute Gasteiger partial charge is 0.366 e. The Hall–Kier alpha value is -2.63. The lowest BCUT2D eigenvalue weighted by Gasteiger charge is -2.12. The number of amides is 2. The number of nitrogens with two attached hydrogens (primary N) is 1. The van der Waals surface area contributed by atoms with Gasteiger partial charge in [-0.1, -0.05) is 38.1 Å². The van der Waals surface area contributed by atoms with Gasteiger partial charge in [0.1, 0.15) is 5.76 Å². The predicted molar refractivity (Wildman–Crippen MR) is 82.5 cm³/mol. The van der Waals surface area contributed by atoms with Gasteiger partial charge in [0.2, 0.25) is 11.8 Å². The molecule has 0 aliphatic heterocycles. The van der Waals surface area contributed by atoms with E-state index in [1.807, 2.05) is 20.8 Å². The smallest absolute Gasteiger partial charge is 0.248 e. The molecule has 0 spiro atoms. The number of hydrogen-bond acceptors (Lipinski definition) is 4. The van der Waals surface area contributed by atoms with Gasteiger partial charge >= 0.3 is 0 Å². The maximum Gasteiger partial charge on any atom is 0.248 e. The van der Waals surface area contributed by atoms with E-state index in [1.54, 1.807) is 30.3 Å². The van der Waals surface area contributed by atoms with E-state index >= 15 is 0 Å². The molecule has 0 aliphatic carbocycles. The summed E-state index contributed by atoms with van der Waals surface area (Å²) in [4.78, 5) is 23.0. The summed E-state index contributed by atoms with van der Waals surface area (Å²) < 4.78 is 5.21. The van der Waals surface area contributed by atoms with Crippen molar-refractivity contribution in [3.05, 3.63) is 47.2 Å². The Morgan fingerprint density at radius 2 is 1.86 bits per heavy atom. The quantitative estimate of drug-likeness (QED) is 0.904. The predicted octanol–water partition coefficient (Wildman–Crippen LogP) is 2.25. The van der Waals surface area contributed by atoms with Crippen LogP contribution in [-0.2, 0) is 16.6 Å². The van der Waals surface area contributed by atoms with Crippen LogP contribution in [0.2, 0.25) is 0 Å². The summed E-state index contributed by atoms with van der Waals surface area (Å²) in [6, 6.07) is 8.30. The van der Waals surface area contributed by atoms with Crippen LogP contribution in [0.1, 0.15) is 42.5 Å². The zero-order valence-electron chi connectivity index (χ0n) is 12.8. The third-order valence-corrected chi connectivity index (χ3v) is 3.12. The Kier molecular flexibility index (Phi) is 4.30. The van der Waals surface area contributed by atoms with Crippen LogP contribution in [0.4, 0.5) is 5.82 Å². The minimum atomic E-state index is -0.492. The van der Waals surface area contributed by atoms with Gasteiger partial charge in [0, 0.05) is 17.0 Å². The van der Waals surface area contributed by atoms with Gasteiger partial charge in [-0.15, -0.1) is 0 Å². The van der Waals surface area contributed by atoms with Gasteiger partial charge in [-0.3, -0.25) is 9.59 Å². The van der Waals surface area contributed by atoms with Crippen molar-refractivity contribution in [3.8, 4) is 0 Å². The van der Waals surface area contributed by atoms with Crippen molar-refractivity contribution in [3.63, 3.8) is 0 Å². The highest BCUT2D eigenvalue weighted by atomic mass is 16.5. The second-order valence-electron chi connectivity index (χ2n) is 6.11. The van der Waals surface area contributed by atoms with Gasteiger partial charge in [-0.2, -0.15) is 0 Å². The molecule has 2 rings (SSSR count). The van der Waals surface area contributed by atoms with Crippen LogP contribution in [0.15, 0.2) is 34.9 Å². The molecule has 0 aliphatic rings. The molecule has 0 fully saturated rings. The lowest BCUT2D eigenvalue weighted by molar-refractivity contribution is -0.115. The zero-order chi connectivity index (χ0) is 16.3. The Morgan fingerprint density at radius 3 is 2.36 bits per heavy atom. The Morgan fingerprint density at radius 1 is 1.23 bits per heavy atom. The number of nitrogens with zero attached hydrogens (tertiary/aromatic N) is 1. The van der Waals surface area contributed by atoms with Gasteiger partial charge in [0.25, 0.3) is 0 Å². The molecule has 22 heavy (non-hydrogen) atoms. The fourth-order valence-corrected chi connectivity index (χ4v) is 1.85. The molecular formula is C16H19N3O3. The van der Waals surface area contributed by atoms with Crippen LogP contribution < -0.4 is 11.1 Å². The third kappa shape index (κ3) is 3.94. The van der Waals surface area contributed by atoms with E-state index in [4.69, 9.17) is 10.3 Å². The van der Waals surface area contributed by atoms with E-state index in [-0.39, 0.29) is 17.7 Å². The average molecular weight is 301 g/mol. The topological polar surface area (TPSA) is 98.2 Å². The summed E-state index contributed by atoms with van der Waals surface area (Å²) >= 11 is 0. The van der Waals surface area contributed by atoms with Crippen molar-refractivity contribution in [2.75, 3.05) is 5.32 Å². The number of anilines is 1. The number of benzene rings is 1. The molecule has 0 radical (unpaired) electrons. The van der Waals surface area contributed by atoms with Crippen molar-refractivity contribution in [2.24, 2.45) is 5.73 Å². The Balaban J connectivity index is 1.98. The van der Waals surface area contributed by atoms with Crippen LogP contribution in [0, 0.1) is 0 Å². The van der Waals surface area contributed by atoms with E-state index in [2.05, 4.69) is 10.5 Å². The molecule has 6 nitrogen and oxygen atoms in total. The van der Waals surface area contributed by atoms with Crippen LogP contribution in [-0.4, -0.2) is 17.0 Å². The Labute approximate surface area is 128 Å². The highest BCUT2D eigenvalue weighted by Crippen LogP contribution is 2.24. The Bertz CT molecular complexity index is 681. The fraction of sp³-hybridized carbons (Fsp3) is 0.312. The fourth-order valence-electron chi connectivity index (χ4n) is 1.85. The van der Waals surface area contributed by atoms with Crippen molar-refractivity contribution >= 4 is 17.6 Å². The molecule has 1 aromatic carbocycles. The summed E-state index contributed by atoms with van der Waals surface area (Å²) in [5.41, 5.74) is 6.19. The number of carbonyl (C=O) groups is 2. The van der Waals surface area contributed by atoms with Crippen molar-refractivity contribution in [1.82, 2.24) is 5.16 Å². The molecular weight excluding hydrogens is 282 g/mol. The number of rotatable bonds is 4. The first-order valence-corrected chi connectivity index (χ1v) is 6.91. The summed E-state index contributed by atoms with van der Waals surface area (Å²) in [6.07, 6.45) is 0.177. The van der Waals surface area contributed by atoms with E-state index in [1.165, 1.54) is 0 Å². The molecule has 2 amide bonds. The first-order chi connectivity index (χ1) is 10.3. The average Bonchev–Trinajstić information content (AvgIpc) is 2.87. The number of aromatic nitrogens is 1. The summed E-state index contributed by atoms with van der Waals surface area (Å²) in [5.74, 6) is 0.395. The van der Waals surface area contributed by atoms with Crippen LogP contribution >= 0.6 is 0 Å². The van der Waals surface area contributed by atoms with E-state index in [9.17, 15) is 9.59 Å². The highest BCUT2D eigenvalue weighted by molar-refractivity contribution is 5.93. The second-order valence-corrected chi connectivity index (χ2v) is 6.11. The first kappa shape index (κ1) is 15.8. The molecule has 0 atom stereocenters. The number of hydrogen-bond donors (Lipinski definition) is 2. The van der Waals surface area contributed by atoms with Crippen LogP contribution in [0.25, 0.3) is 0 Å². The minimum absolute atomic E-state index is 0.166. The third-order valence-electron chi connectivity index (χ3n) is 3.12. The van der Waals surface area contributed by atoms with Gasteiger partial charge in [-0.25, -0.2) is 0 Å². The molecule has 1 heterocycles. The zero-order valence-corrected chi connectivity index (χ0v) is 12.8. The second kappa shape index (κ2) is 6.01. The maximum absolute atomic E-state index is 12.0. The van der Waals surface area contributed by atoms with E-state index < -0.39 is 5.91 Å². The molecule has 0 saturated carbocycles. The van der Waals surface area contributed by atoms with Gasteiger partial charge in [-0.05, 0) is 17.7 Å². The molecule has 6 heteroatoms. The van der Waals surface area contributed by atoms with Crippen LogP contribution in [0.3, 0.4) is 0 Å². The molecule has 3 N–H and O–H groups in total. The van der Waals surface area contributed by atoms with Crippen molar-refractivity contribution in [2.45, 2.75) is 32.6 Å². The lowest BCUT2D eigenvalue weighted by Crippen LogP contribution is -2.15. The molecule has 1 aromatic heterocycles. The normalized spacial score (nSPS) is 11.2. The summed E-state index contributed by atoms with van der Waals surface area (Å²) in [5, 5.41) is 6.52. The monoisotopic (exact) mass is 301 g/mol. The number of carbonyl (C=O) groups excluding carboxylic acids is 2. The highest BCUT2D eigenvalue weighted by Gasteiger charge is 2.20. The summed E-state index contributed by atoms with van der Waals surface area (Å²) in [7, 11) is 0. The molecule has 0 unspecified atom stereocenters. The molecule has 2 aromatic rings. The number of primary amides is 1. The van der Waals surface area contributed by atoms with Gasteiger partial charge in [0.05, 0.1) is 6.42 Å². The molecule has 0 saturated heterocycles.